The van der Waals surface area contributed by atoms with Gasteiger partial charge in [0.2, 0.25) is 0 Å². The van der Waals surface area contributed by atoms with Gasteiger partial charge >= 0.3 is 6.09 Å². The van der Waals surface area contributed by atoms with Crippen LogP contribution in [0.1, 0.15) is 53.5 Å². The summed E-state index contributed by atoms with van der Waals surface area (Å²) in [6.07, 6.45) is 0.497. The first-order chi connectivity index (χ1) is 13.3. The summed E-state index contributed by atoms with van der Waals surface area (Å²) in [5, 5.41) is 0.113. The lowest BCUT2D eigenvalue weighted by Crippen LogP contribution is -2.50. The molecule has 1 fully saturated rings. The SMILES string of the molecule is CC(C)(C)OC(=O)N1CC[C@H](O[Si](C)(C)C(C)(C)C)[C@@H]1COCc1ccccc1. The number of hydrogen-bond acceptors (Lipinski definition) is 4. The van der Waals surface area contributed by atoms with Crippen molar-refractivity contribution < 1.29 is 18.7 Å². The Morgan fingerprint density at radius 1 is 1.10 bits per heavy atom. The average Bonchev–Trinajstić information content (AvgIpc) is 2.95. The van der Waals surface area contributed by atoms with E-state index in [1.807, 2.05) is 51.1 Å². The van der Waals surface area contributed by atoms with Crippen LogP contribution in [0.4, 0.5) is 4.79 Å². The van der Waals surface area contributed by atoms with Gasteiger partial charge in [-0.2, -0.15) is 0 Å². The summed E-state index contributed by atoms with van der Waals surface area (Å²) in [5.41, 5.74) is 0.599. The minimum Gasteiger partial charge on any atom is -0.444 e. The Morgan fingerprint density at radius 2 is 1.72 bits per heavy atom. The van der Waals surface area contributed by atoms with Crippen molar-refractivity contribution in [3.05, 3.63) is 35.9 Å². The highest BCUT2D eigenvalue weighted by molar-refractivity contribution is 6.74. The molecule has 1 aliphatic heterocycles. The highest BCUT2D eigenvalue weighted by Gasteiger charge is 2.46. The average molecular weight is 422 g/mol. The third kappa shape index (κ3) is 6.83. The van der Waals surface area contributed by atoms with Crippen molar-refractivity contribution in [1.29, 1.82) is 0 Å². The topological polar surface area (TPSA) is 48.0 Å². The molecule has 164 valence electrons. The molecule has 0 bridgehead atoms. The predicted octanol–water partition coefficient (Wildman–Crippen LogP) is 5.60. The summed E-state index contributed by atoms with van der Waals surface area (Å²) in [6, 6.07) is 9.96. The predicted molar refractivity (Wildman–Crippen MR) is 120 cm³/mol. The lowest BCUT2D eigenvalue weighted by atomic mass is 10.2. The first-order valence-electron chi connectivity index (χ1n) is 10.6. The second-order valence-corrected chi connectivity index (χ2v) is 15.2. The maximum atomic E-state index is 12.8. The van der Waals surface area contributed by atoms with Crippen molar-refractivity contribution >= 4 is 14.4 Å². The molecule has 1 amide bonds. The van der Waals surface area contributed by atoms with E-state index in [-0.39, 0.29) is 23.3 Å². The molecule has 2 atom stereocenters. The number of hydrogen-bond donors (Lipinski definition) is 0. The molecule has 0 spiro atoms. The van der Waals surface area contributed by atoms with Crippen molar-refractivity contribution in [2.24, 2.45) is 0 Å². The van der Waals surface area contributed by atoms with Gasteiger partial charge in [-0.15, -0.1) is 0 Å². The number of carbonyl (C=O) groups is 1. The van der Waals surface area contributed by atoms with E-state index in [0.717, 1.165) is 12.0 Å². The van der Waals surface area contributed by atoms with Crippen LogP contribution in [0.25, 0.3) is 0 Å². The molecule has 6 heteroatoms. The molecule has 1 heterocycles. The summed E-state index contributed by atoms with van der Waals surface area (Å²) in [4.78, 5) is 14.6. The molecule has 1 aromatic carbocycles. The van der Waals surface area contributed by atoms with Crippen LogP contribution < -0.4 is 0 Å². The van der Waals surface area contributed by atoms with Crippen LogP contribution in [0.15, 0.2) is 30.3 Å². The van der Waals surface area contributed by atoms with Gasteiger partial charge < -0.3 is 18.8 Å². The van der Waals surface area contributed by atoms with E-state index in [4.69, 9.17) is 13.9 Å². The maximum absolute atomic E-state index is 12.8. The fraction of sp³-hybridized carbons (Fsp3) is 0.696. The zero-order valence-corrected chi connectivity index (χ0v) is 20.5. The van der Waals surface area contributed by atoms with Gasteiger partial charge in [-0.05, 0) is 50.9 Å². The number of amides is 1. The van der Waals surface area contributed by atoms with Crippen molar-refractivity contribution in [1.82, 2.24) is 4.90 Å². The standard InChI is InChI=1S/C23H39NO4Si/c1-22(2,3)27-21(25)24-15-14-20(28-29(7,8)23(4,5)6)19(24)17-26-16-18-12-10-9-11-13-18/h9-13,19-20H,14-17H2,1-8H3/t19-,20-/m0/s1. The van der Waals surface area contributed by atoms with Crippen molar-refractivity contribution in [3.8, 4) is 0 Å². The molecular weight excluding hydrogens is 382 g/mol. The van der Waals surface area contributed by atoms with Gasteiger partial charge in [-0.25, -0.2) is 4.79 Å². The number of likely N-dealkylation sites (tertiary alicyclic amines) is 1. The molecule has 0 aromatic heterocycles. The Balaban J connectivity index is 2.11. The number of ether oxygens (including phenoxy) is 2. The Kier molecular flexibility index (Phi) is 7.57. The molecule has 0 aliphatic carbocycles. The molecule has 0 N–H and O–H groups in total. The van der Waals surface area contributed by atoms with E-state index in [0.29, 0.717) is 19.8 Å². The molecule has 0 saturated carbocycles. The summed E-state index contributed by atoms with van der Waals surface area (Å²) >= 11 is 0. The third-order valence-corrected chi connectivity index (χ3v) is 10.3. The zero-order valence-electron chi connectivity index (χ0n) is 19.5. The fourth-order valence-electron chi connectivity index (χ4n) is 3.13. The Labute approximate surface area is 177 Å². The number of carbonyl (C=O) groups excluding carboxylic acids is 1. The molecular formula is C23H39NO4Si. The van der Waals surface area contributed by atoms with E-state index in [9.17, 15) is 4.79 Å². The summed E-state index contributed by atoms with van der Waals surface area (Å²) in [5.74, 6) is 0. The summed E-state index contributed by atoms with van der Waals surface area (Å²) < 4.78 is 18.4. The second kappa shape index (κ2) is 9.19. The van der Waals surface area contributed by atoms with Gasteiger partial charge in [-0.3, -0.25) is 0 Å². The van der Waals surface area contributed by atoms with Crippen LogP contribution in [0, 0.1) is 0 Å². The second-order valence-electron chi connectivity index (χ2n) is 10.4. The van der Waals surface area contributed by atoms with E-state index < -0.39 is 13.9 Å². The first kappa shape index (κ1) is 23.9. The summed E-state index contributed by atoms with van der Waals surface area (Å²) in [7, 11) is -1.96. The number of nitrogens with zero attached hydrogens (tertiary/aromatic N) is 1. The zero-order chi connectivity index (χ0) is 21.9. The van der Waals surface area contributed by atoms with Crippen LogP contribution in [-0.2, 0) is 20.5 Å². The Bertz CT molecular complexity index is 664. The van der Waals surface area contributed by atoms with Gasteiger partial charge in [0.1, 0.15) is 5.60 Å². The van der Waals surface area contributed by atoms with Crippen LogP contribution in [0.5, 0.6) is 0 Å². The largest absolute Gasteiger partial charge is 0.444 e. The monoisotopic (exact) mass is 421 g/mol. The van der Waals surface area contributed by atoms with Crippen LogP contribution in [0.2, 0.25) is 18.1 Å². The molecule has 1 saturated heterocycles. The Hall–Kier alpha value is -1.37. The van der Waals surface area contributed by atoms with Gasteiger partial charge in [0.25, 0.3) is 0 Å². The molecule has 29 heavy (non-hydrogen) atoms. The molecule has 0 unspecified atom stereocenters. The third-order valence-electron chi connectivity index (χ3n) is 5.76. The first-order valence-corrected chi connectivity index (χ1v) is 13.5. The highest BCUT2D eigenvalue weighted by Crippen LogP contribution is 2.39. The Morgan fingerprint density at radius 3 is 2.28 bits per heavy atom. The van der Waals surface area contributed by atoms with E-state index >= 15 is 0 Å². The lowest BCUT2D eigenvalue weighted by molar-refractivity contribution is -0.00565. The molecule has 2 rings (SSSR count). The highest BCUT2D eigenvalue weighted by atomic mass is 28.4. The lowest BCUT2D eigenvalue weighted by Gasteiger charge is -2.40. The van der Waals surface area contributed by atoms with E-state index in [2.05, 4.69) is 33.9 Å². The molecule has 1 aromatic rings. The fourth-order valence-corrected chi connectivity index (χ4v) is 4.52. The van der Waals surface area contributed by atoms with Crippen molar-refractivity contribution in [2.45, 2.75) is 90.4 Å². The van der Waals surface area contributed by atoms with Crippen LogP contribution in [-0.4, -0.2) is 50.2 Å². The van der Waals surface area contributed by atoms with Crippen LogP contribution in [0.3, 0.4) is 0 Å². The maximum Gasteiger partial charge on any atom is 0.410 e. The minimum atomic E-state index is -1.96. The normalized spacial score (nSPS) is 20.8. The number of rotatable bonds is 6. The van der Waals surface area contributed by atoms with Crippen molar-refractivity contribution in [2.75, 3.05) is 13.2 Å². The van der Waals surface area contributed by atoms with Gasteiger partial charge in [-0.1, -0.05) is 51.1 Å². The molecule has 1 aliphatic rings. The minimum absolute atomic E-state index is 0.0285. The smallest absolute Gasteiger partial charge is 0.410 e. The molecule has 0 radical (unpaired) electrons. The molecule has 5 nitrogen and oxygen atoms in total. The van der Waals surface area contributed by atoms with Crippen molar-refractivity contribution in [3.63, 3.8) is 0 Å². The van der Waals surface area contributed by atoms with Crippen LogP contribution >= 0.6 is 0 Å². The van der Waals surface area contributed by atoms with E-state index in [1.54, 1.807) is 4.90 Å². The van der Waals surface area contributed by atoms with Gasteiger partial charge in [0.15, 0.2) is 8.32 Å². The quantitative estimate of drug-likeness (QED) is 0.561. The number of benzene rings is 1. The van der Waals surface area contributed by atoms with E-state index in [1.165, 1.54) is 0 Å². The van der Waals surface area contributed by atoms with Gasteiger partial charge in [0, 0.05) is 6.54 Å². The summed E-state index contributed by atoms with van der Waals surface area (Å²) in [6.45, 7) is 18.5. The van der Waals surface area contributed by atoms with Gasteiger partial charge in [0.05, 0.1) is 25.4 Å².